The van der Waals surface area contributed by atoms with Gasteiger partial charge in [-0.1, -0.05) is 60.7 Å². The summed E-state index contributed by atoms with van der Waals surface area (Å²) in [5, 5.41) is 0. The molecule has 1 heterocycles. The van der Waals surface area contributed by atoms with Gasteiger partial charge in [0.1, 0.15) is 11.0 Å². The highest BCUT2D eigenvalue weighted by molar-refractivity contribution is 6.22. The van der Waals surface area contributed by atoms with Gasteiger partial charge in [0, 0.05) is 0 Å². The summed E-state index contributed by atoms with van der Waals surface area (Å²) in [4.78, 5) is 27.8. The minimum atomic E-state index is -0.943. The van der Waals surface area contributed by atoms with Crippen LogP contribution in [0.2, 0.25) is 0 Å². The van der Waals surface area contributed by atoms with Crippen molar-refractivity contribution < 1.29 is 14.3 Å². The second-order valence-electron chi connectivity index (χ2n) is 7.68. The third-order valence-corrected chi connectivity index (χ3v) is 4.68. The third kappa shape index (κ3) is 3.27. The van der Waals surface area contributed by atoms with Crippen LogP contribution in [0.15, 0.2) is 66.7 Å². The number of anilines is 1. The molecule has 0 bridgehead atoms. The monoisotopic (exact) mass is 363 g/mol. The molecule has 27 heavy (non-hydrogen) atoms. The first kappa shape index (κ1) is 18.9. The van der Waals surface area contributed by atoms with Gasteiger partial charge in [0.05, 0.1) is 5.69 Å². The quantitative estimate of drug-likeness (QED) is 0.702. The van der Waals surface area contributed by atoms with Gasteiger partial charge in [-0.15, -0.1) is 0 Å². The van der Waals surface area contributed by atoms with Crippen LogP contribution >= 0.6 is 0 Å². The van der Waals surface area contributed by atoms with Crippen molar-refractivity contribution in [1.82, 2.24) is 0 Å². The number of hydrogen-bond acceptors (Lipinski definition) is 3. The Bertz CT molecular complexity index is 880. The van der Waals surface area contributed by atoms with E-state index in [4.69, 9.17) is 4.74 Å². The first-order valence-corrected chi connectivity index (χ1v) is 9.15. The van der Waals surface area contributed by atoms with Gasteiger partial charge < -0.3 is 4.74 Å². The number of fused-ring (bicyclic) bond motifs is 1. The molecule has 2 amide bonds. The molecular formula is C23H25NO3. The maximum atomic E-state index is 13.7. The van der Waals surface area contributed by atoms with Gasteiger partial charge in [0.2, 0.25) is 0 Å². The van der Waals surface area contributed by atoms with E-state index in [0.717, 1.165) is 11.1 Å². The van der Waals surface area contributed by atoms with Gasteiger partial charge in [0.25, 0.3) is 5.91 Å². The highest BCUT2D eigenvalue weighted by Crippen LogP contribution is 2.48. The first-order chi connectivity index (χ1) is 12.8. The fourth-order valence-corrected chi connectivity index (χ4v) is 3.55. The van der Waals surface area contributed by atoms with Crippen LogP contribution in [-0.2, 0) is 14.9 Å². The molecule has 0 radical (unpaired) electrons. The molecule has 4 heteroatoms. The molecule has 2 aromatic rings. The zero-order valence-corrected chi connectivity index (χ0v) is 16.2. The molecule has 0 N–H and O–H groups in total. The van der Waals surface area contributed by atoms with Crippen LogP contribution in [0, 0.1) is 0 Å². The molecule has 1 aliphatic heterocycles. The summed E-state index contributed by atoms with van der Waals surface area (Å²) in [5.41, 5.74) is 0.649. The van der Waals surface area contributed by atoms with E-state index in [1.165, 1.54) is 4.90 Å². The van der Waals surface area contributed by atoms with E-state index in [1.807, 2.05) is 67.6 Å². The van der Waals surface area contributed by atoms with Crippen molar-refractivity contribution in [3.63, 3.8) is 0 Å². The topological polar surface area (TPSA) is 46.6 Å². The fraction of sp³-hybridized carbons (Fsp3) is 0.304. The van der Waals surface area contributed by atoms with Crippen LogP contribution in [0.1, 0.15) is 45.2 Å². The molecule has 0 aromatic heterocycles. The summed E-state index contributed by atoms with van der Waals surface area (Å²) in [5.74, 6) is -0.276. The van der Waals surface area contributed by atoms with Gasteiger partial charge >= 0.3 is 6.09 Å². The van der Waals surface area contributed by atoms with Gasteiger partial charge in [-0.25, -0.2) is 9.69 Å². The van der Waals surface area contributed by atoms with Crippen LogP contribution in [0.25, 0.3) is 0 Å². The number of allylic oxidation sites excluding steroid dienone is 2. The van der Waals surface area contributed by atoms with Crippen molar-refractivity contribution in [2.75, 3.05) is 4.90 Å². The van der Waals surface area contributed by atoms with Crippen molar-refractivity contribution in [2.45, 2.75) is 45.1 Å². The summed E-state index contributed by atoms with van der Waals surface area (Å²) < 4.78 is 5.53. The number of amides is 2. The minimum absolute atomic E-state index is 0.276. The van der Waals surface area contributed by atoms with E-state index >= 15 is 0 Å². The van der Waals surface area contributed by atoms with Crippen LogP contribution in [0.3, 0.4) is 0 Å². The minimum Gasteiger partial charge on any atom is -0.443 e. The molecular weight excluding hydrogens is 338 g/mol. The Labute approximate surface area is 160 Å². The Kier molecular flexibility index (Phi) is 4.92. The van der Waals surface area contributed by atoms with Gasteiger partial charge in [0.15, 0.2) is 0 Å². The van der Waals surface area contributed by atoms with Crippen molar-refractivity contribution >= 4 is 17.7 Å². The Hall–Kier alpha value is -2.88. The molecule has 0 spiro atoms. The van der Waals surface area contributed by atoms with E-state index in [1.54, 1.807) is 26.8 Å². The highest BCUT2D eigenvalue weighted by atomic mass is 16.6. The number of rotatable bonds is 3. The maximum absolute atomic E-state index is 13.7. The van der Waals surface area contributed by atoms with Crippen molar-refractivity contribution in [1.29, 1.82) is 0 Å². The number of imide groups is 1. The first-order valence-electron chi connectivity index (χ1n) is 9.15. The van der Waals surface area contributed by atoms with Crippen LogP contribution in [-0.4, -0.2) is 17.6 Å². The number of carbonyl (C=O) groups is 2. The lowest BCUT2D eigenvalue weighted by Crippen LogP contribution is -2.45. The van der Waals surface area contributed by atoms with E-state index in [9.17, 15) is 9.59 Å². The molecule has 1 unspecified atom stereocenters. The average molecular weight is 363 g/mol. The van der Waals surface area contributed by atoms with Crippen LogP contribution in [0.4, 0.5) is 10.5 Å². The van der Waals surface area contributed by atoms with Gasteiger partial charge in [-0.2, -0.15) is 0 Å². The smallest absolute Gasteiger partial charge is 0.421 e. The summed E-state index contributed by atoms with van der Waals surface area (Å²) in [6.07, 6.45) is 3.73. The zero-order chi connectivity index (χ0) is 19.7. The second-order valence-corrected chi connectivity index (χ2v) is 7.68. The molecule has 0 fully saturated rings. The lowest BCUT2D eigenvalue weighted by Gasteiger charge is -2.29. The van der Waals surface area contributed by atoms with Crippen molar-refractivity contribution in [3.8, 4) is 0 Å². The predicted octanol–water partition coefficient (Wildman–Crippen LogP) is 5.22. The number of carbonyl (C=O) groups excluding carboxylic acids is 2. The van der Waals surface area contributed by atoms with E-state index in [0.29, 0.717) is 12.1 Å². The fourth-order valence-electron chi connectivity index (χ4n) is 3.55. The number of ether oxygens (including phenoxy) is 1. The molecule has 0 saturated carbocycles. The number of hydrogen-bond donors (Lipinski definition) is 0. The lowest BCUT2D eigenvalue weighted by molar-refractivity contribution is -0.121. The molecule has 2 aromatic carbocycles. The average Bonchev–Trinajstić information content (AvgIpc) is 2.88. The Morgan fingerprint density at radius 2 is 1.70 bits per heavy atom. The summed E-state index contributed by atoms with van der Waals surface area (Å²) in [6.45, 7) is 7.31. The molecule has 1 aliphatic rings. The molecule has 0 saturated heterocycles. The summed E-state index contributed by atoms with van der Waals surface area (Å²) in [6, 6.07) is 17.1. The largest absolute Gasteiger partial charge is 0.443 e. The zero-order valence-electron chi connectivity index (χ0n) is 16.2. The van der Waals surface area contributed by atoms with Crippen molar-refractivity contribution in [2.24, 2.45) is 0 Å². The normalized spacial score (nSPS) is 19.4. The molecule has 140 valence electrons. The summed E-state index contributed by atoms with van der Waals surface area (Å²) >= 11 is 0. The summed E-state index contributed by atoms with van der Waals surface area (Å²) in [7, 11) is 0. The highest BCUT2D eigenvalue weighted by Gasteiger charge is 2.54. The molecule has 3 rings (SSSR count). The molecule has 1 atom stereocenters. The van der Waals surface area contributed by atoms with Crippen LogP contribution < -0.4 is 4.90 Å². The number of para-hydroxylation sites is 1. The van der Waals surface area contributed by atoms with E-state index < -0.39 is 17.1 Å². The van der Waals surface area contributed by atoms with Gasteiger partial charge in [-0.3, -0.25) is 4.79 Å². The molecule has 4 nitrogen and oxygen atoms in total. The SMILES string of the molecule is C/C=C\CC1(c2ccccc2)C(=O)N(C(=O)OC(C)(C)C)c2ccccc21. The van der Waals surface area contributed by atoms with E-state index in [-0.39, 0.29) is 5.91 Å². The molecule has 0 aliphatic carbocycles. The third-order valence-electron chi connectivity index (χ3n) is 4.68. The van der Waals surface area contributed by atoms with Crippen molar-refractivity contribution in [3.05, 3.63) is 77.9 Å². The van der Waals surface area contributed by atoms with E-state index in [2.05, 4.69) is 0 Å². The van der Waals surface area contributed by atoms with Gasteiger partial charge in [-0.05, 0) is 51.3 Å². The Morgan fingerprint density at radius 1 is 1.07 bits per heavy atom. The number of nitrogens with zero attached hydrogens (tertiary/aromatic N) is 1. The standard InChI is InChI=1S/C23H25NO3/c1-5-6-16-23(17-12-8-7-9-13-17)18-14-10-11-15-19(18)24(20(23)25)21(26)27-22(2,3)4/h5-15H,16H2,1-4H3/b6-5-. The maximum Gasteiger partial charge on any atom is 0.421 e. The Morgan fingerprint density at radius 3 is 2.33 bits per heavy atom. The number of benzene rings is 2. The second kappa shape index (κ2) is 7.03. The predicted molar refractivity (Wildman–Crippen MR) is 107 cm³/mol. The lowest BCUT2D eigenvalue weighted by atomic mass is 9.73. The van der Waals surface area contributed by atoms with Crippen LogP contribution in [0.5, 0.6) is 0 Å². The Balaban J connectivity index is 2.20.